The van der Waals surface area contributed by atoms with Crippen molar-refractivity contribution in [2.45, 2.75) is 39.5 Å². The van der Waals surface area contributed by atoms with E-state index in [0.29, 0.717) is 11.1 Å². The van der Waals surface area contributed by atoms with Crippen molar-refractivity contribution in [1.82, 2.24) is 10.2 Å². The molecule has 0 bridgehead atoms. The summed E-state index contributed by atoms with van der Waals surface area (Å²) in [5.41, 5.74) is 0. The highest BCUT2D eigenvalue weighted by Gasteiger charge is 2.10. The molecule has 4 heteroatoms. The molecule has 2 rings (SSSR count). The number of aromatic nitrogens is 2. The maximum absolute atomic E-state index is 6.09. The van der Waals surface area contributed by atoms with Crippen LogP contribution in [0.25, 0.3) is 10.8 Å². The topological polar surface area (TPSA) is 37.8 Å². The maximum Gasteiger partial charge on any atom is 0.159 e. The van der Waals surface area contributed by atoms with Crippen LogP contribution in [0, 0.1) is 5.92 Å². The molecule has 20 heavy (non-hydrogen) atoms. The average molecular weight is 292 g/mol. The van der Waals surface area contributed by atoms with Gasteiger partial charge in [-0.2, -0.15) is 0 Å². The minimum Gasteiger partial charge on any atom is -0.368 e. The second-order valence-electron chi connectivity index (χ2n) is 5.18. The van der Waals surface area contributed by atoms with Crippen molar-refractivity contribution in [3.8, 4) is 0 Å². The lowest BCUT2D eigenvalue weighted by atomic mass is 9.99. The zero-order valence-corrected chi connectivity index (χ0v) is 13.0. The molecule has 0 saturated carbocycles. The summed E-state index contributed by atoms with van der Waals surface area (Å²) in [5, 5.41) is 14.1. The van der Waals surface area contributed by atoms with Gasteiger partial charge in [-0.05, 0) is 12.3 Å². The van der Waals surface area contributed by atoms with E-state index in [-0.39, 0.29) is 0 Å². The zero-order valence-electron chi connectivity index (χ0n) is 12.2. The van der Waals surface area contributed by atoms with Crippen LogP contribution < -0.4 is 5.32 Å². The fourth-order valence-corrected chi connectivity index (χ4v) is 2.59. The summed E-state index contributed by atoms with van der Waals surface area (Å²) in [7, 11) is 0. The largest absolute Gasteiger partial charge is 0.368 e. The number of halogens is 1. The van der Waals surface area contributed by atoms with Gasteiger partial charge >= 0.3 is 0 Å². The SMILES string of the molecule is CCCCC(CC)CNc1nnc(Cl)c2ccccc12. The number of nitrogens with one attached hydrogen (secondary N) is 1. The van der Waals surface area contributed by atoms with Gasteiger partial charge in [-0.25, -0.2) is 0 Å². The van der Waals surface area contributed by atoms with Gasteiger partial charge in [0.05, 0.1) is 0 Å². The summed E-state index contributed by atoms with van der Waals surface area (Å²) >= 11 is 6.09. The van der Waals surface area contributed by atoms with E-state index < -0.39 is 0 Å². The molecule has 0 aliphatic heterocycles. The fraction of sp³-hybridized carbons (Fsp3) is 0.500. The molecular weight excluding hydrogens is 270 g/mol. The van der Waals surface area contributed by atoms with Crippen molar-refractivity contribution in [2.75, 3.05) is 11.9 Å². The van der Waals surface area contributed by atoms with Crippen LogP contribution in [0.4, 0.5) is 5.82 Å². The third-order valence-electron chi connectivity index (χ3n) is 3.74. The van der Waals surface area contributed by atoms with E-state index in [4.69, 9.17) is 11.6 Å². The third-order valence-corrected chi connectivity index (χ3v) is 4.02. The van der Waals surface area contributed by atoms with Gasteiger partial charge in [-0.1, -0.05) is 69.0 Å². The van der Waals surface area contributed by atoms with E-state index in [1.807, 2.05) is 24.3 Å². The predicted octanol–water partition coefficient (Wildman–Crippen LogP) is 4.91. The van der Waals surface area contributed by atoms with Gasteiger partial charge in [0.15, 0.2) is 11.0 Å². The maximum atomic E-state index is 6.09. The molecule has 1 heterocycles. The first-order chi connectivity index (χ1) is 9.76. The molecule has 2 aromatic rings. The van der Waals surface area contributed by atoms with Crippen LogP contribution in [0.5, 0.6) is 0 Å². The lowest BCUT2D eigenvalue weighted by molar-refractivity contribution is 0.472. The quantitative estimate of drug-likeness (QED) is 0.787. The smallest absolute Gasteiger partial charge is 0.159 e. The van der Waals surface area contributed by atoms with Gasteiger partial charge in [0, 0.05) is 17.3 Å². The number of hydrogen-bond acceptors (Lipinski definition) is 3. The molecule has 0 radical (unpaired) electrons. The van der Waals surface area contributed by atoms with Gasteiger partial charge < -0.3 is 5.32 Å². The number of anilines is 1. The number of rotatable bonds is 7. The molecule has 1 atom stereocenters. The summed E-state index contributed by atoms with van der Waals surface area (Å²) < 4.78 is 0. The van der Waals surface area contributed by atoms with Crippen molar-refractivity contribution >= 4 is 28.2 Å². The van der Waals surface area contributed by atoms with Crippen LogP contribution in [0.15, 0.2) is 24.3 Å². The van der Waals surface area contributed by atoms with Crippen LogP contribution in [-0.4, -0.2) is 16.7 Å². The number of nitrogens with zero attached hydrogens (tertiary/aromatic N) is 2. The highest BCUT2D eigenvalue weighted by atomic mass is 35.5. The minimum absolute atomic E-state index is 0.462. The number of fused-ring (bicyclic) bond motifs is 1. The van der Waals surface area contributed by atoms with Crippen LogP contribution >= 0.6 is 11.6 Å². The molecule has 108 valence electrons. The van der Waals surface area contributed by atoms with Crippen LogP contribution in [0.1, 0.15) is 39.5 Å². The lowest BCUT2D eigenvalue weighted by Crippen LogP contribution is -2.15. The Morgan fingerprint density at radius 3 is 2.60 bits per heavy atom. The number of benzene rings is 1. The second kappa shape index (κ2) is 7.44. The van der Waals surface area contributed by atoms with E-state index in [0.717, 1.165) is 23.1 Å². The molecule has 0 spiro atoms. The Labute approximate surface area is 125 Å². The van der Waals surface area contributed by atoms with E-state index >= 15 is 0 Å². The first kappa shape index (κ1) is 15.0. The Hall–Kier alpha value is -1.35. The summed E-state index contributed by atoms with van der Waals surface area (Å²) in [6.45, 7) is 5.42. The monoisotopic (exact) mass is 291 g/mol. The van der Waals surface area contributed by atoms with Crippen LogP contribution in [-0.2, 0) is 0 Å². The molecule has 1 aromatic carbocycles. The standard InChI is InChI=1S/C16H22ClN3/c1-3-5-8-12(4-2)11-18-16-14-10-7-6-9-13(14)15(17)19-20-16/h6-7,9-10,12H,3-5,8,11H2,1-2H3,(H,18,20). The van der Waals surface area contributed by atoms with E-state index in [2.05, 4.69) is 29.4 Å². The van der Waals surface area contributed by atoms with Crippen molar-refractivity contribution in [2.24, 2.45) is 5.92 Å². The van der Waals surface area contributed by atoms with Crippen molar-refractivity contribution < 1.29 is 0 Å². The van der Waals surface area contributed by atoms with Gasteiger partial charge in [-0.3, -0.25) is 0 Å². The highest BCUT2D eigenvalue weighted by Crippen LogP contribution is 2.26. The average Bonchev–Trinajstić information content (AvgIpc) is 2.49. The molecule has 1 unspecified atom stereocenters. The van der Waals surface area contributed by atoms with Gasteiger partial charge in [0.2, 0.25) is 0 Å². The van der Waals surface area contributed by atoms with Gasteiger partial charge in [0.25, 0.3) is 0 Å². The lowest BCUT2D eigenvalue weighted by Gasteiger charge is -2.16. The zero-order chi connectivity index (χ0) is 14.4. The van der Waals surface area contributed by atoms with Gasteiger partial charge in [0.1, 0.15) is 0 Å². The normalized spacial score (nSPS) is 12.6. The third kappa shape index (κ3) is 3.60. The van der Waals surface area contributed by atoms with Crippen molar-refractivity contribution in [3.63, 3.8) is 0 Å². The number of unbranched alkanes of at least 4 members (excludes halogenated alkanes) is 1. The van der Waals surface area contributed by atoms with E-state index in [1.54, 1.807) is 0 Å². The molecule has 0 amide bonds. The number of hydrogen-bond donors (Lipinski definition) is 1. The first-order valence-electron chi connectivity index (χ1n) is 7.41. The Balaban J connectivity index is 2.11. The molecule has 3 nitrogen and oxygen atoms in total. The molecule has 1 aromatic heterocycles. The van der Waals surface area contributed by atoms with Crippen LogP contribution in [0.2, 0.25) is 5.15 Å². The highest BCUT2D eigenvalue weighted by molar-refractivity contribution is 6.34. The first-order valence-corrected chi connectivity index (χ1v) is 7.78. The Bertz CT molecular complexity index is 556. The fourth-order valence-electron chi connectivity index (χ4n) is 2.39. The molecule has 0 aliphatic carbocycles. The minimum atomic E-state index is 0.462. The van der Waals surface area contributed by atoms with Gasteiger partial charge in [-0.15, -0.1) is 10.2 Å². The second-order valence-corrected chi connectivity index (χ2v) is 5.54. The molecule has 0 saturated heterocycles. The molecule has 0 fully saturated rings. The summed E-state index contributed by atoms with van der Waals surface area (Å²) in [4.78, 5) is 0. The van der Waals surface area contributed by atoms with E-state index in [9.17, 15) is 0 Å². The Morgan fingerprint density at radius 1 is 1.15 bits per heavy atom. The summed E-state index contributed by atoms with van der Waals surface area (Å²) in [6, 6.07) is 7.98. The summed E-state index contributed by atoms with van der Waals surface area (Å²) in [6.07, 6.45) is 4.98. The molecular formula is C16H22ClN3. The molecule has 0 aliphatic rings. The predicted molar refractivity (Wildman–Crippen MR) is 86.3 cm³/mol. The Kier molecular flexibility index (Phi) is 5.60. The van der Waals surface area contributed by atoms with Crippen molar-refractivity contribution in [1.29, 1.82) is 0 Å². The summed E-state index contributed by atoms with van der Waals surface area (Å²) in [5.74, 6) is 1.52. The van der Waals surface area contributed by atoms with Crippen molar-refractivity contribution in [3.05, 3.63) is 29.4 Å². The van der Waals surface area contributed by atoms with Crippen LogP contribution in [0.3, 0.4) is 0 Å². The molecule has 1 N–H and O–H groups in total. The van der Waals surface area contributed by atoms with E-state index in [1.165, 1.54) is 25.7 Å². The Morgan fingerprint density at radius 2 is 1.90 bits per heavy atom.